The summed E-state index contributed by atoms with van der Waals surface area (Å²) >= 11 is 6.05. The van der Waals surface area contributed by atoms with Crippen LogP contribution in [0.2, 0.25) is 5.02 Å². The summed E-state index contributed by atoms with van der Waals surface area (Å²) in [7, 11) is 0. The molecule has 0 aliphatic rings. The van der Waals surface area contributed by atoms with Gasteiger partial charge in [0.1, 0.15) is 0 Å². The van der Waals surface area contributed by atoms with Gasteiger partial charge in [0.05, 0.1) is 5.02 Å². The van der Waals surface area contributed by atoms with Crippen molar-refractivity contribution in [2.24, 2.45) is 5.92 Å². The molecule has 0 saturated heterocycles. The predicted molar refractivity (Wildman–Crippen MR) is 71.3 cm³/mol. The Morgan fingerprint density at radius 1 is 1.22 bits per heavy atom. The largest absolute Gasteiger partial charge is 0.481 e. The summed E-state index contributed by atoms with van der Waals surface area (Å²) < 4.78 is 0. The van der Waals surface area contributed by atoms with E-state index < -0.39 is 5.97 Å². The fourth-order valence-electron chi connectivity index (χ4n) is 1.79. The number of benzene rings is 1. The Balaban J connectivity index is 2.85. The maximum absolute atomic E-state index is 12.0. The molecule has 1 aromatic carbocycles. The Bertz CT molecular complexity index is 480. The molecule has 0 aromatic heterocycles. The van der Waals surface area contributed by atoms with E-state index in [1.165, 1.54) is 0 Å². The molecule has 18 heavy (non-hydrogen) atoms. The summed E-state index contributed by atoms with van der Waals surface area (Å²) in [6.45, 7) is 5.60. The minimum atomic E-state index is -0.888. The summed E-state index contributed by atoms with van der Waals surface area (Å²) in [5.41, 5.74) is 2.53. The standard InChI is InChI=1S/C14H17ClO3/c1-8(5-14(17)18)4-13(16)11-6-9(2)10(3)7-12(11)15/h6-8H,4-5H2,1-3H3,(H,17,18). The minimum Gasteiger partial charge on any atom is -0.481 e. The van der Waals surface area contributed by atoms with Gasteiger partial charge in [0, 0.05) is 18.4 Å². The number of halogens is 1. The van der Waals surface area contributed by atoms with E-state index in [9.17, 15) is 9.59 Å². The van der Waals surface area contributed by atoms with Crippen LogP contribution in [0.25, 0.3) is 0 Å². The number of ketones is 1. The SMILES string of the molecule is Cc1cc(Cl)c(C(=O)CC(C)CC(=O)O)cc1C. The van der Waals surface area contributed by atoms with Gasteiger partial charge in [-0.05, 0) is 43.0 Å². The number of carbonyl (C=O) groups excluding carboxylic acids is 1. The van der Waals surface area contributed by atoms with Crippen LogP contribution in [-0.4, -0.2) is 16.9 Å². The molecule has 1 unspecified atom stereocenters. The first-order valence-corrected chi connectivity index (χ1v) is 6.20. The first-order valence-electron chi connectivity index (χ1n) is 5.83. The monoisotopic (exact) mass is 268 g/mol. The maximum Gasteiger partial charge on any atom is 0.303 e. The molecular formula is C14H17ClO3. The van der Waals surface area contributed by atoms with Crippen molar-refractivity contribution in [1.29, 1.82) is 0 Å². The highest BCUT2D eigenvalue weighted by atomic mass is 35.5. The Morgan fingerprint density at radius 2 is 1.78 bits per heavy atom. The van der Waals surface area contributed by atoms with Crippen LogP contribution in [0.3, 0.4) is 0 Å². The van der Waals surface area contributed by atoms with Gasteiger partial charge >= 0.3 is 5.97 Å². The maximum atomic E-state index is 12.0. The van der Waals surface area contributed by atoms with Gasteiger partial charge in [-0.1, -0.05) is 18.5 Å². The van der Waals surface area contributed by atoms with E-state index in [0.717, 1.165) is 11.1 Å². The van der Waals surface area contributed by atoms with Crippen LogP contribution in [0, 0.1) is 19.8 Å². The Labute approximate surface area is 112 Å². The van der Waals surface area contributed by atoms with E-state index in [1.807, 2.05) is 13.8 Å². The summed E-state index contributed by atoms with van der Waals surface area (Å²) in [5.74, 6) is -1.17. The molecule has 1 aromatic rings. The number of hydrogen-bond donors (Lipinski definition) is 1. The van der Waals surface area contributed by atoms with Gasteiger partial charge in [-0.2, -0.15) is 0 Å². The molecule has 0 aliphatic heterocycles. The van der Waals surface area contributed by atoms with Crippen molar-refractivity contribution in [3.8, 4) is 0 Å². The molecule has 0 bridgehead atoms. The van der Waals surface area contributed by atoms with Crippen molar-refractivity contribution >= 4 is 23.4 Å². The molecule has 0 aliphatic carbocycles. The van der Waals surface area contributed by atoms with Crippen LogP contribution in [0.15, 0.2) is 12.1 Å². The molecule has 0 spiro atoms. The number of Topliss-reactive ketones (excluding diaryl/α,β-unsaturated/α-hetero) is 1. The molecule has 3 nitrogen and oxygen atoms in total. The highest BCUT2D eigenvalue weighted by Crippen LogP contribution is 2.24. The summed E-state index contributed by atoms with van der Waals surface area (Å²) in [6.07, 6.45) is 0.197. The topological polar surface area (TPSA) is 54.4 Å². The number of carboxylic acid groups (broad SMARTS) is 1. The second-order valence-corrected chi connectivity index (χ2v) is 5.15. The van der Waals surface area contributed by atoms with E-state index >= 15 is 0 Å². The highest BCUT2D eigenvalue weighted by Gasteiger charge is 2.17. The summed E-state index contributed by atoms with van der Waals surface area (Å²) in [5, 5.41) is 9.10. The van der Waals surface area contributed by atoms with Crippen LogP contribution < -0.4 is 0 Å². The fourth-order valence-corrected chi connectivity index (χ4v) is 2.11. The molecule has 0 saturated carbocycles. The number of aliphatic carboxylic acids is 1. The second kappa shape index (κ2) is 6.01. The van der Waals surface area contributed by atoms with Crippen molar-refractivity contribution < 1.29 is 14.7 Å². The third-order valence-corrected chi connectivity index (χ3v) is 3.25. The number of rotatable bonds is 5. The van der Waals surface area contributed by atoms with Crippen LogP contribution in [0.5, 0.6) is 0 Å². The zero-order valence-electron chi connectivity index (χ0n) is 10.8. The molecule has 0 fully saturated rings. The molecule has 98 valence electrons. The third-order valence-electron chi connectivity index (χ3n) is 2.94. The van der Waals surface area contributed by atoms with E-state index in [0.29, 0.717) is 10.6 Å². The van der Waals surface area contributed by atoms with Gasteiger partial charge in [-0.25, -0.2) is 0 Å². The predicted octanol–water partition coefficient (Wildman–Crippen LogP) is 3.64. The van der Waals surface area contributed by atoms with Crippen molar-refractivity contribution in [1.82, 2.24) is 0 Å². The Morgan fingerprint density at radius 3 is 2.33 bits per heavy atom. The fraction of sp³-hybridized carbons (Fsp3) is 0.429. The van der Waals surface area contributed by atoms with E-state index in [-0.39, 0.29) is 24.5 Å². The molecule has 1 rings (SSSR count). The molecule has 0 radical (unpaired) electrons. The van der Waals surface area contributed by atoms with Gasteiger partial charge in [0.2, 0.25) is 0 Å². The van der Waals surface area contributed by atoms with E-state index in [1.54, 1.807) is 19.1 Å². The van der Waals surface area contributed by atoms with Gasteiger partial charge in [-0.15, -0.1) is 0 Å². The molecule has 0 heterocycles. The minimum absolute atomic E-state index is 0.00575. The highest BCUT2D eigenvalue weighted by molar-refractivity contribution is 6.34. The quantitative estimate of drug-likeness (QED) is 0.830. The normalized spacial score (nSPS) is 12.2. The van der Waals surface area contributed by atoms with E-state index in [4.69, 9.17) is 16.7 Å². The number of carboxylic acids is 1. The van der Waals surface area contributed by atoms with Crippen molar-refractivity contribution in [3.05, 3.63) is 33.8 Å². The number of carbonyl (C=O) groups is 2. The molecule has 1 N–H and O–H groups in total. The first kappa shape index (κ1) is 14.7. The first-order chi connectivity index (χ1) is 8.31. The lowest BCUT2D eigenvalue weighted by Crippen LogP contribution is -2.11. The molecule has 1 atom stereocenters. The van der Waals surface area contributed by atoms with Crippen LogP contribution >= 0.6 is 11.6 Å². The van der Waals surface area contributed by atoms with Crippen LogP contribution in [-0.2, 0) is 4.79 Å². The average Bonchev–Trinajstić information content (AvgIpc) is 2.21. The summed E-state index contributed by atoms with van der Waals surface area (Å²) in [6, 6.07) is 3.54. The van der Waals surface area contributed by atoms with Gasteiger partial charge in [0.15, 0.2) is 5.78 Å². The molecule has 0 amide bonds. The van der Waals surface area contributed by atoms with Crippen LogP contribution in [0.1, 0.15) is 41.3 Å². The number of aryl methyl sites for hydroxylation is 2. The van der Waals surface area contributed by atoms with Crippen LogP contribution in [0.4, 0.5) is 0 Å². The van der Waals surface area contributed by atoms with Crippen molar-refractivity contribution in [2.45, 2.75) is 33.6 Å². The Kier molecular flexibility index (Phi) is 4.91. The smallest absolute Gasteiger partial charge is 0.303 e. The third kappa shape index (κ3) is 3.84. The molecule has 4 heteroatoms. The van der Waals surface area contributed by atoms with E-state index in [2.05, 4.69) is 0 Å². The zero-order chi connectivity index (χ0) is 13.9. The lowest BCUT2D eigenvalue weighted by Gasteiger charge is -2.10. The number of hydrogen-bond acceptors (Lipinski definition) is 2. The van der Waals surface area contributed by atoms with Crippen molar-refractivity contribution in [2.75, 3.05) is 0 Å². The zero-order valence-corrected chi connectivity index (χ0v) is 11.5. The molecular weight excluding hydrogens is 252 g/mol. The lowest BCUT2D eigenvalue weighted by molar-refractivity contribution is -0.137. The second-order valence-electron chi connectivity index (χ2n) is 4.75. The van der Waals surface area contributed by atoms with Gasteiger partial charge in [0.25, 0.3) is 0 Å². The Hall–Kier alpha value is -1.35. The van der Waals surface area contributed by atoms with Gasteiger partial charge in [-0.3, -0.25) is 9.59 Å². The average molecular weight is 269 g/mol. The summed E-state index contributed by atoms with van der Waals surface area (Å²) in [4.78, 5) is 22.6. The van der Waals surface area contributed by atoms with Crippen molar-refractivity contribution in [3.63, 3.8) is 0 Å². The lowest BCUT2D eigenvalue weighted by atomic mass is 9.95. The van der Waals surface area contributed by atoms with Gasteiger partial charge < -0.3 is 5.11 Å².